The van der Waals surface area contributed by atoms with E-state index in [1.165, 1.54) is 5.56 Å². The van der Waals surface area contributed by atoms with Crippen LogP contribution in [0.4, 0.5) is 0 Å². The highest BCUT2D eigenvalue weighted by atomic mass is 16.5. The third-order valence-electron chi connectivity index (χ3n) is 4.74. The average Bonchev–Trinajstić information content (AvgIpc) is 3.27. The number of hydrogen-bond donors (Lipinski definition) is 2. The molecule has 0 amide bonds. The molecule has 2 N–H and O–H groups in total. The van der Waals surface area contributed by atoms with Crippen molar-refractivity contribution in [3.8, 4) is 28.7 Å². The van der Waals surface area contributed by atoms with E-state index in [1.807, 2.05) is 43.3 Å². The van der Waals surface area contributed by atoms with Gasteiger partial charge in [0.25, 0.3) is 0 Å². The van der Waals surface area contributed by atoms with Crippen LogP contribution in [0, 0.1) is 6.92 Å². The number of rotatable bonds is 8. The van der Waals surface area contributed by atoms with Crippen LogP contribution in [0.5, 0.6) is 17.2 Å². The highest BCUT2D eigenvalue weighted by Gasteiger charge is 2.16. The van der Waals surface area contributed by atoms with Gasteiger partial charge >= 0.3 is 0 Å². The van der Waals surface area contributed by atoms with Crippen molar-refractivity contribution in [2.45, 2.75) is 20.0 Å². The number of guanidine groups is 1. The van der Waals surface area contributed by atoms with Crippen LogP contribution in [-0.4, -0.2) is 39.3 Å². The van der Waals surface area contributed by atoms with E-state index < -0.39 is 0 Å². The second-order valence-corrected chi connectivity index (χ2v) is 6.78. The lowest BCUT2D eigenvalue weighted by molar-refractivity contribution is 0.322. The SMILES string of the molecule is CN=C(NCc1coc(-c2ccc(C)cc2)n1)NCc1ccc(OC)c(OC)c1OC. The topological polar surface area (TPSA) is 90.1 Å². The lowest BCUT2D eigenvalue weighted by atomic mass is 10.1. The Morgan fingerprint density at radius 3 is 2.29 bits per heavy atom. The van der Waals surface area contributed by atoms with Crippen molar-refractivity contribution in [2.75, 3.05) is 28.4 Å². The minimum absolute atomic E-state index is 0.470. The van der Waals surface area contributed by atoms with E-state index in [0.29, 0.717) is 42.2 Å². The zero-order chi connectivity index (χ0) is 22.2. The second kappa shape index (κ2) is 10.4. The molecule has 8 nitrogen and oxygen atoms in total. The molecule has 0 atom stereocenters. The Kier molecular flexibility index (Phi) is 7.37. The first-order valence-electron chi connectivity index (χ1n) is 9.83. The second-order valence-electron chi connectivity index (χ2n) is 6.78. The minimum Gasteiger partial charge on any atom is -0.493 e. The Labute approximate surface area is 182 Å². The molecular weight excluding hydrogens is 396 g/mol. The van der Waals surface area contributed by atoms with Gasteiger partial charge in [0.15, 0.2) is 17.5 Å². The number of aryl methyl sites for hydroxylation is 1. The molecule has 0 aliphatic rings. The van der Waals surface area contributed by atoms with Gasteiger partial charge in [-0.1, -0.05) is 17.7 Å². The summed E-state index contributed by atoms with van der Waals surface area (Å²) in [5.74, 6) is 3.00. The molecule has 2 aromatic carbocycles. The summed E-state index contributed by atoms with van der Waals surface area (Å²) < 4.78 is 21.9. The highest BCUT2D eigenvalue weighted by Crippen LogP contribution is 2.39. The van der Waals surface area contributed by atoms with Crippen molar-refractivity contribution in [2.24, 2.45) is 4.99 Å². The molecule has 164 valence electrons. The summed E-state index contributed by atoms with van der Waals surface area (Å²) >= 11 is 0. The molecule has 8 heteroatoms. The van der Waals surface area contributed by atoms with Crippen LogP contribution < -0.4 is 24.8 Å². The largest absolute Gasteiger partial charge is 0.493 e. The van der Waals surface area contributed by atoms with Crippen LogP contribution >= 0.6 is 0 Å². The van der Waals surface area contributed by atoms with Crippen LogP contribution in [0.15, 0.2) is 52.1 Å². The number of nitrogens with one attached hydrogen (secondary N) is 2. The highest BCUT2D eigenvalue weighted by molar-refractivity contribution is 5.79. The monoisotopic (exact) mass is 424 g/mol. The molecule has 1 aromatic heterocycles. The standard InChI is InChI=1S/C23H28N4O4/c1-15-6-8-16(9-7-15)22-27-18(14-31-22)13-26-23(24-2)25-12-17-10-11-19(28-3)21(30-5)20(17)29-4/h6-11,14H,12-13H2,1-5H3,(H2,24,25,26). The third-order valence-corrected chi connectivity index (χ3v) is 4.74. The number of hydrogen-bond acceptors (Lipinski definition) is 6. The van der Waals surface area contributed by atoms with Crippen LogP contribution in [0.2, 0.25) is 0 Å². The predicted octanol–water partition coefficient (Wildman–Crippen LogP) is 3.54. The fourth-order valence-corrected chi connectivity index (χ4v) is 3.09. The van der Waals surface area contributed by atoms with Crippen molar-refractivity contribution in [3.63, 3.8) is 0 Å². The summed E-state index contributed by atoms with van der Waals surface area (Å²) in [5, 5.41) is 6.51. The molecule has 0 bridgehead atoms. The summed E-state index contributed by atoms with van der Waals surface area (Å²) in [6.45, 7) is 3.00. The van der Waals surface area contributed by atoms with E-state index in [0.717, 1.165) is 16.8 Å². The van der Waals surface area contributed by atoms with Crippen LogP contribution in [-0.2, 0) is 13.1 Å². The Bertz CT molecular complexity index is 1030. The number of oxazole rings is 1. The van der Waals surface area contributed by atoms with Crippen molar-refractivity contribution in [1.29, 1.82) is 0 Å². The van der Waals surface area contributed by atoms with E-state index >= 15 is 0 Å². The predicted molar refractivity (Wildman–Crippen MR) is 120 cm³/mol. The summed E-state index contributed by atoms with van der Waals surface area (Å²) in [4.78, 5) is 8.81. The van der Waals surface area contributed by atoms with Gasteiger partial charge in [-0.3, -0.25) is 4.99 Å². The lowest BCUT2D eigenvalue weighted by Gasteiger charge is -2.17. The molecule has 0 aliphatic heterocycles. The number of aliphatic imine (C=N–C) groups is 1. The Morgan fingerprint density at radius 2 is 1.65 bits per heavy atom. The normalized spacial score (nSPS) is 11.2. The molecule has 1 heterocycles. The van der Waals surface area contributed by atoms with Crippen LogP contribution in [0.3, 0.4) is 0 Å². The van der Waals surface area contributed by atoms with E-state index in [1.54, 1.807) is 34.6 Å². The maximum Gasteiger partial charge on any atom is 0.226 e. The molecular formula is C23H28N4O4. The summed E-state index contributed by atoms with van der Waals surface area (Å²) in [6.07, 6.45) is 1.65. The van der Waals surface area contributed by atoms with E-state index in [9.17, 15) is 0 Å². The van der Waals surface area contributed by atoms with Gasteiger partial charge in [-0.2, -0.15) is 0 Å². The first kappa shape index (κ1) is 22.0. The van der Waals surface area contributed by atoms with Gasteiger partial charge < -0.3 is 29.3 Å². The summed E-state index contributed by atoms with van der Waals surface area (Å²) in [7, 11) is 6.49. The van der Waals surface area contributed by atoms with Gasteiger partial charge in [-0.25, -0.2) is 4.98 Å². The molecule has 0 unspecified atom stereocenters. The van der Waals surface area contributed by atoms with Gasteiger partial charge in [0, 0.05) is 24.7 Å². The minimum atomic E-state index is 0.470. The van der Waals surface area contributed by atoms with E-state index in [4.69, 9.17) is 18.6 Å². The lowest BCUT2D eigenvalue weighted by Crippen LogP contribution is -2.36. The number of nitrogens with zero attached hydrogens (tertiary/aromatic N) is 2. The smallest absolute Gasteiger partial charge is 0.226 e. The zero-order valence-electron chi connectivity index (χ0n) is 18.5. The maximum absolute atomic E-state index is 5.61. The zero-order valence-corrected chi connectivity index (χ0v) is 18.5. The summed E-state index contributed by atoms with van der Waals surface area (Å²) in [5.41, 5.74) is 3.83. The number of aromatic nitrogens is 1. The van der Waals surface area contributed by atoms with Gasteiger partial charge in [0.05, 0.1) is 33.6 Å². The van der Waals surface area contributed by atoms with Gasteiger partial charge in [-0.15, -0.1) is 0 Å². The molecule has 0 aliphatic carbocycles. The molecule has 0 saturated heterocycles. The Morgan fingerprint density at radius 1 is 0.935 bits per heavy atom. The van der Waals surface area contributed by atoms with Crippen molar-refractivity contribution < 1.29 is 18.6 Å². The van der Waals surface area contributed by atoms with Crippen molar-refractivity contribution >= 4 is 5.96 Å². The molecule has 31 heavy (non-hydrogen) atoms. The first-order valence-corrected chi connectivity index (χ1v) is 9.83. The van der Waals surface area contributed by atoms with Crippen molar-refractivity contribution in [1.82, 2.24) is 15.6 Å². The van der Waals surface area contributed by atoms with E-state index in [-0.39, 0.29) is 0 Å². The molecule has 3 rings (SSSR count). The van der Waals surface area contributed by atoms with Gasteiger partial charge in [0.2, 0.25) is 11.6 Å². The number of methoxy groups -OCH3 is 3. The Balaban J connectivity index is 1.61. The summed E-state index contributed by atoms with van der Waals surface area (Å²) in [6, 6.07) is 11.8. The van der Waals surface area contributed by atoms with Gasteiger partial charge in [0.1, 0.15) is 6.26 Å². The molecule has 0 saturated carbocycles. The number of ether oxygens (including phenoxy) is 3. The average molecular weight is 425 g/mol. The molecule has 0 spiro atoms. The quantitative estimate of drug-likeness (QED) is 0.422. The molecule has 0 fully saturated rings. The van der Waals surface area contributed by atoms with Gasteiger partial charge in [-0.05, 0) is 31.2 Å². The van der Waals surface area contributed by atoms with Crippen molar-refractivity contribution in [3.05, 3.63) is 59.5 Å². The molecule has 0 radical (unpaired) electrons. The fraction of sp³-hybridized carbons (Fsp3) is 0.304. The maximum atomic E-state index is 5.61. The molecule has 3 aromatic rings. The first-order chi connectivity index (χ1) is 15.1. The fourth-order valence-electron chi connectivity index (χ4n) is 3.09. The van der Waals surface area contributed by atoms with E-state index in [2.05, 4.69) is 20.6 Å². The van der Waals surface area contributed by atoms with Crippen LogP contribution in [0.25, 0.3) is 11.5 Å². The third kappa shape index (κ3) is 5.28. The van der Waals surface area contributed by atoms with Crippen LogP contribution in [0.1, 0.15) is 16.8 Å². The Hall–Kier alpha value is -3.68. The number of benzene rings is 2.